The molecule has 0 aromatic heterocycles. The van der Waals surface area contributed by atoms with E-state index in [2.05, 4.69) is 15.0 Å². The summed E-state index contributed by atoms with van der Waals surface area (Å²) in [6.45, 7) is 1.88. The Hall–Kier alpha value is -1.56. The number of nitrogens with one attached hydrogen (secondary N) is 2. The standard InChI is InChI=1S/C15H21N3O2S/c1-11-8-9-13-14(10-11)21(19,20)18-15(17-13)16-12-6-4-2-3-5-7-12/h8-10,12H,2-7H2,1H3,(H2,16,17,18). The lowest BCUT2D eigenvalue weighted by Crippen LogP contribution is -2.41. The van der Waals surface area contributed by atoms with Crippen LogP contribution in [-0.4, -0.2) is 20.4 Å². The molecular weight excluding hydrogens is 286 g/mol. The molecule has 2 aliphatic rings. The number of rotatable bonds is 1. The summed E-state index contributed by atoms with van der Waals surface area (Å²) in [7, 11) is -3.52. The summed E-state index contributed by atoms with van der Waals surface area (Å²) in [5.74, 6) is 0.359. The van der Waals surface area contributed by atoms with Crippen LogP contribution in [0.4, 0.5) is 5.69 Å². The average Bonchev–Trinajstić information content (AvgIpc) is 2.68. The molecule has 1 fully saturated rings. The minimum absolute atomic E-state index is 0.213. The van der Waals surface area contributed by atoms with Crippen LogP contribution in [0.2, 0.25) is 0 Å². The zero-order valence-electron chi connectivity index (χ0n) is 12.2. The largest absolute Gasteiger partial charge is 0.324 e. The number of hydrogen-bond donors (Lipinski definition) is 2. The summed E-state index contributed by atoms with van der Waals surface area (Å²) >= 11 is 0. The molecule has 0 spiro atoms. The van der Waals surface area contributed by atoms with E-state index in [-0.39, 0.29) is 6.04 Å². The molecule has 0 amide bonds. The van der Waals surface area contributed by atoms with Gasteiger partial charge >= 0.3 is 0 Å². The number of sulfonamides is 1. The van der Waals surface area contributed by atoms with Crippen LogP contribution in [0.15, 0.2) is 28.1 Å². The average molecular weight is 307 g/mol. The van der Waals surface area contributed by atoms with Crippen LogP contribution in [0.5, 0.6) is 0 Å². The molecule has 5 nitrogen and oxygen atoms in total. The monoisotopic (exact) mass is 307 g/mol. The number of guanidine groups is 1. The summed E-state index contributed by atoms with van der Waals surface area (Å²) in [5, 5.41) is 3.11. The fourth-order valence-electron chi connectivity index (χ4n) is 2.92. The lowest BCUT2D eigenvalue weighted by Gasteiger charge is -2.23. The molecule has 0 radical (unpaired) electrons. The van der Waals surface area contributed by atoms with E-state index in [0.29, 0.717) is 16.5 Å². The molecule has 1 heterocycles. The molecule has 1 saturated carbocycles. The summed E-state index contributed by atoms with van der Waals surface area (Å²) in [4.78, 5) is 4.88. The highest BCUT2D eigenvalue weighted by Gasteiger charge is 2.27. The van der Waals surface area contributed by atoms with Crippen molar-refractivity contribution in [2.45, 2.75) is 56.4 Å². The highest BCUT2D eigenvalue weighted by Crippen LogP contribution is 2.26. The first-order chi connectivity index (χ1) is 10.0. The van der Waals surface area contributed by atoms with Crippen molar-refractivity contribution < 1.29 is 8.42 Å². The van der Waals surface area contributed by atoms with Gasteiger partial charge in [0.05, 0.1) is 11.7 Å². The maximum Gasteiger partial charge on any atom is 0.266 e. The summed E-state index contributed by atoms with van der Waals surface area (Å²) < 4.78 is 27.2. The lowest BCUT2D eigenvalue weighted by atomic mass is 10.1. The van der Waals surface area contributed by atoms with Gasteiger partial charge in [0.15, 0.2) is 0 Å². The molecule has 1 aromatic carbocycles. The molecule has 2 N–H and O–H groups in total. The predicted octanol–water partition coefficient (Wildman–Crippen LogP) is 2.78. The van der Waals surface area contributed by atoms with Crippen LogP contribution in [0.1, 0.15) is 44.1 Å². The Labute approximate surface area is 125 Å². The van der Waals surface area contributed by atoms with Gasteiger partial charge in [0.1, 0.15) is 4.90 Å². The molecule has 0 bridgehead atoms. The number of aryl methyl sites for hydroxylation is 1. The molecular formula is C15H21N3O2S. The van der Waals surface area contributed by atoms with Crippen molar-refractivity contribution in [3.05, 3.63) is 23.8 Å². The Bertz CT molecular complexity index is 659. The maximum atomic E-state index is 12.3. The van der Waals surface area contributed by atoms with Crippen molar-refractivity contribution in [2.75, 3.05) is 5.32 Å². The SMILES string of the molecule is Cc1ccc2c(c1)S(=O)(=O)NC(=NC1CCCCCC1)N2. The Morgan fingerprint density at radius 3 is 2.57 bits per heavy atom. The van der Waals surface area contributed by atoms with Crippen molar-refractivity contribution in [2.24, 2.45) is 4.99 Å². The van der Waals surface area contributed by atoms with E-state index in [1.165, 1.54) is 25.7 Å². The third-order valence-corrected chi connectivity index (χ3v) is 5.43. The molecule has 0 saturated heterocycles. The second kappa shape index (κ2) is 5.67. The molecule has 0 unspecified atom stereocenters. The molecule has 21 heavy (non-hydrogen) atoms. The van der Waals surface area contributed by atoms with Crippen LogP contribution < -0.4 is 10.0 Å². The number of aliphatic imine (C=N–C) groups is 1. The van der Waals surface area contributed by atoms with Gasteiger partial charge < -0.3 is 5.32 Å². The number of anilines is 1. The van der Waals surface area contributed by atoms with Crippen LogP contribution in [0, 0.1) is 6.92 Å². The molecule has 114 valence electrons. The summed E-state index contributed by atoms with van der Waals surface area (Å²) in [6, 6.07) is 5.58. The third kappa shape index (κ3) is 3.20. The van der Waals surface area contributed by atoms with E-state index >= 15 is 0 Å². The second-order valence-corrected chi connectivity index (χ2v) is 7.50. The summed E-state index contributed by atoms with van der Waals surface area (Å²) in [6.07, 6.45) is 6.92. The van der Waals surface area contributed by atoms with Crippen molar-refractivity contribution in [1.82, 2.24) is 4.72 Å². The first-order valence-corrected chi connectivity index (χ1v) is 9.01. The Morgan fingerprint density at radius 1 is 1.14 bits per heavy atom. The first-order valence-electron chi connectivity index (χ1n) is 7.53. The molecule has 1 aliphatic carbocycles. The number of fused-ring (bicyclic) bond motifs is 1. The topological polar surface area (TPSA) is 70.6 Å². The van der Waals surface area contributed by atoms with Crippen LogP contribution in [0.25, 0.3) is 0 Å². The van der Waals surface area contributed by atoms with E-state index in [1.54, 1.807) is 12.1 Å². The molecule has 6 heteroatoms. The molecule has 3 rings (SSSR count). The smallest absolute Gasteiger partial charge is 0.266 e. The van der Waals surface area contributed by atoms with Gasteiger partial charge in [0.25, 0.3) is 10.0 Å². The fraction of sp³-hybridized carbons (Fsp3) is 0.533. The van der Waals surface area contributed by atoms with Crippen LogP contribution >= 0.6 is 0 Å². The highest BCUT2D eigenvalue weighted by atomic mass is 32.2. The zero-order valence-corrected chi connectivity index (χ0v) is 13.0. The fourth-order valence-corrected chi connectivity index (χ4v) is 4.14. The quantitative estimate of drug-likeness (QED) is 0.784. The predicted molar refractivity (Wildman–Crippen MR) is 84.0 cm³/mol. The summed E-state index contributed by atoms with van der Waals surface area (Å²) in [5.41, 5.74) is 1.52. The van der Waals surface area contributed by atoms with Crippen molar-refractivity contribution in [3.63, 3.8) is 0 Å². The Kier molecular flexibility index (Phi) is 3.89. The number of benzene rings is 1. The highest BCUT2D eigenvalue weighted by molar-refractivity contribution is 7.90. The van der Waals surface area contributed by atoms with E-state index in [0.717, 1.165) is 18.4 Å². The number of nitrogens with zero attached hydrogens (tertiary/aromatic N) is 1. The van der Waals surface area contributed by atoms with Gasteiger partial charge in [-0.1, -0.05) is 31.7 Å². The Morgan fingerprint density at radius 2 is 1.86 bits per heavy atom. The van der Waals surface area contributed by atoms with E-state index in [4.69, 9.17) is 0 Å². The molecule has 1 aliphatic heterocycles. The normalized spacial score (nSPS) is 23.8. The van der Waals surface area contributed by atoms with Gasteiger partial charge in [-0.3, -0.25) is 0 Å². The second-order valence-electron chi connectivity index (χ2n) is 5.85. The first kappa shape index (κ1) is 14.4. The Balaban J connectivity index is 1.89. The van der Waals surface area contributed by atoms with Crippen molar-refractivity contribution in [3.8, 4) is 0 Å². The van der Waals surface area contributed by atoms with E-state index in [1.807, 2.05) is 13.0 Å². The third-order valence-electron chi connectivity index (χ3n) is 4.05. The van der Waals surface area contributed by atoms with Crippen LogP contribution in [-0.2, 0) is 10.0 Å². The van der Waals surface area contributed by atoms with E-state index < -0.39 is 10.0 Å². The minimum atomic E-state index is -3.52. The van der Waals surface area contributed by atoms with Gasteiger partial charge in [0, 0.05) is 0 Å². The number of hydrogen-bond acceptors (Lipinski definition) is 3. The lowest BCUT2D eigenvalue weighted by molar-refractivity contribution is 0.579. The van der Waals surface area contributed by atoms with Gasteiger partial charge in [-0.15, -0.1) is 0 Å². The van der Waals surface area contributed by atoms with E-state index in [9.17, 15) is 8.42 Å². The maximum absolute atomic E-state index is 12.3. The van der Waals surface area contributed by atoms with Gasteiger partial charge in [-0.25, -0.2) is 18.1 Å². The van der Waals surface area contributed by atoms with Gasteiger partial charge in [-0.2, -0.15) is 0 Å². The minimum Gasteiger partial charge on any atom is -0.324 e. The van der Waals surface area contributed by atoms with Gasteiger partial charge in [0.2, 0.25) is 5.96 Å². The van der Waals surface area contributed by atoms with Crippen molar-refractivity contribution >= 4 is 21.7 Å². The molecule has 1 aromatic rings. The zero-order chi connectivity index (χ0) is 14.9. The van der Waals surface area contributed by atoms with Gasteiger partial charge in [-0.05, 0) is 37.5 Å². The molecule has 0 atom stereocenters. The van der Waals surface area contributed by atoms with Crippen molar-refractivity contribution in [1.29, 1.82) is 0 Å². The van der Waals surface area contributed by atoms with Crippen LogP contribution in [0.3, 0.4) is 0 Å².